The summed E-state index contributed by atoms with van der Waals surface area (Å²) >= 11 is 1.51. The summed E-state index contributed by atoms with van der Waals surface area (Å²) in [7, 11) is 1.65. The van der Waals surface area contributed by atoms with Crippen LogP contribution in [0.15, 0.2) is 53.9 Å². The fraction of sp³-hybridized carbons (Fsp3) is 0.429. The number of hydrogen-bond acceptors (Lipinski definition) is 4. The smallest absolute Gasteiger partial charge is 0.236 e. The van der Waals surface area contributed by atoms with E-state index >= 15 is 0 Å². The van der Waals surface area contributed by atoms with E-state index in [1.165, 1.54) is 16.9 Å². The largest absolute Gasteiger partial charge is 0.495 e. The van der Waals surface area contributed by atoms with E-state index in [9.17, 15) is 4.79 Å². The van der Waals surface area contributed by atoms with E-state index in [1.54, 1.807) is 12.0 Å². The van der Waals surface area contributed by atoms with Gasteiger partial charge in [-0.1, -0.05) is 62.7 Å². The number of rotatable bonds is 5. The van der Waals surface area contributed by atoms with Gasteiger partial charge in [0.05, 0.1) is 18.5 Å². The van der Waals surface area contributed by atoms with Crippen molar-refractivity contribution in [1.29, 1.82) is 0 Å². The molecule has 1 amide bonds. The first-order valence-corrected chi connectivity index (χ1v) is 12.7. The first kappa shape index (κ1) is 23.5. The summed E-state index contributed by atoms with van der Waals surface area (Å²) in [5, 5.41) is 2.73. The lowest BCUT2D eigenvalue weighted by Gasteiger charge is -2.37. The number of aryl methyl sites for hydroxylation is 1. The Morgan fingerprint density at radius 2 is 1.70 bits per heavy atom. The molecule has 4 nitrogen and oxygen atoms in total. The predicted octanol–water partition coefficient (Wildman–Crippen LogP) is 7.64. The number of aromatic nitrogens is 1. The van der Waals surface area contributed by atoms with Crippen molar-refractivity contribution < 1.29 is 9.53 Å². The number of benzene rings is 2. The number of thiazole rings is 1. The van der Waals surface area contributed by atoms with Crippen LogP contribution in [0.4, 0.5) is 10.8 Å². The number of carbonyl (C=O) groups is 1. The van der Waals surface area contributed by atoms with Crippen molar-refractivity contribution in [3.05, 3.63) is 59.5 Å². The Morgan fingerprint density at radius 1 is 1.03 bits per heavy atom. The molecule has 4 rings (SSSR count). The van der Waals surface area contributed by atoms with E-state index in [1.807, 2.05) is 29.6 Å². The van der Waals surface area contributed by atoms with Gasteiger partial charge in [-0.05, 0) is 56.1 Å². The normalized spacial score (nSPS) is 18.7. The molecule has 5 heteroatoms. The average Bonchev–Trinajstić information content (AvgIpc) is 3.29. The second-order valence-corrected chi connectivity index (χ2v) is 11.0. The summed E-state index contributed by atoms with van der Waals surface area (Å²) in [6.45, 7) is 9.00. The number of carbonyl (C=O) groups excluding carboxylic acids is 1. The molecule has 0 saturated heterocycles. The zero-order chi connectivity index (χ0) is 23.6. The molecule has 1 aliphatic rings. The molecule has 0 spiro atoms. The monoisotopic (exact) mass is 462 g/mol. The van der Waals surface area contributed by atoms with Gasteiger partial charge in [0.15, 0.2) is 5.13 Å². The van der Waals surface area contributed by atoms with Gasteiger partial charge in [-0.15, -0.1) is 11.3 Å². The molecule has 0 N–H and O–H groups in total. The van der Waals surface area contributed by atoms with E-state index in [2.05, 4.69) is 52.0 Å². The zero-order valence-corrected chi connectivity index (χ0v) is 21.1. The topological polar surface area (TPSA) is 42.4 Å². The molecule has 2 aromatic carbocycles. The molecule has 33 heavy (non-hydrogen) atoms. The number of anilines is 2. The molecule has 0 unspecified atom stereocenters. The Morgan fingerprint density at radius 3 is 2.33 bits per heavy atom. The highest BCUT2D eigenvalue weighted by Gasteiger charge is 2.36. The number of methoxy groups -OCH3 is 1. The number of para-hydroxylation sites is 2. The summed E-state index contributed by atoms with van der Waals surface area (Å²) in [4.78, 5) is 20.6. The van der Waals surface area contributed by atoms with E-state index in [4.69, 9.17) is 9.72 Å². The molecule has 0 aliphatic heterocycles. The van der Waals surface area contributed by atoms with Gasteiger partial charge in [0.25, 0.3) is 0 Å². The molecule has 0 bridgehead atoms. The van der Waals surface area contributed by atoms with Crippen LogP contribution in [0.5, 0.6) is 5.75 Å². The number of ether oxygens (including phenoxy) is 1. The Kier molecular flexibility index (Phi) is 6.89. The van der Waals surface area contributed by atoms with Crippen LogP contribution in [-0.4, -0.2) is 18.0 Å². The second-order valence-electron chi connectivity index (χ2n) is 10.1. The van der Waals surface area contributed by atoms with Gasteiger partial charge >= 0.3 is 0 Å². The van der Waals surface area contributed by atoms with Gasteiger partial charge in [0.2, 0.25) is 5.91 Å². The molecule has 1 fully saturated rings. The molecular formula is C28H34N2O2S. The second kappa shape index (κ2) is 9.68. The molecular weight excluding hydrogens is 428 g/mol. The standard InChI is InChI=1S/C28H34N2O2S/c1-19-10-12-20(13-11-19)23-18-33-27(29-23)30(24-8-6-7-9-25(24)32-5)26(31)21-14-16-22(17-15-21)28(2,3)4/h6-13,18,21-22H,14-17H2,1-5H3. The third-order valence-electron chi connectivity index (χ3n) is 6.88. The van der Waals surface area contributed by atoms with Crippen LogP contribution in [0.2, 0.25) is 0 Å². The molecule has 1 heterocycles. The quantitative estimate of drug-likeness (QED) is 0.391. The zero-order valence-electron chi connectivity index (χ0n) is 20.3. The minimum atomic E-state index is 0.000220. The fourth-order valence-electron chi connectivity index (χ4n) is 4.74. The molecule has 3 aromatic rings. The van der Waals surface area contributed by atoms with Gasteiger partial charge in [-0.2, -0.15) is 0 Å². The summed E-state index contributed by atoms with van der Waals surface area (Å²) in [6, 6.07) is 16.1. The first-order chi connectivity index (χ1) is 15.8. The average molecular weight is 463 g/mol. The Bertz CT molecular complexity index is 1090. The van der Waals surface area contributed by atoms with Crippen LogP contribution in [0.25, 0.3) is 11.3 Å². The van der Waals surface area contributed by atoms with Crippen molar-refractivity contribution in [2.45, 2.75) is 53.4 Å². The molecule has 0 radical (unpaired) electrons. The SMILES string of the molecule is COc1ccccc1N(C(=O)C1CCC(C(C)(C)C)CC1)c1nc(-c2ccc(C)cc2)cs1. The Balaban J connectivity index is 1.67. The number of amides is 1. The molecule has 1 aromatic heterocycles. The van der Waals surface area contributed by atoms with Gasteiger partial charge in [-0.25, -0.2) is 4.98 Å². The maximum atomic E-state index is 14.0. The van der Waals surface area contributed by atoms with Crippen molar-refractivity contribution in [3.63, 3.8) is 0 Å². The van der Waals surface area contributed by atoms with Crippen molar-refractivity contribution in [2.75, 3.05) is 12.0 Å². The fourth-order valence-corrected chi connectivity index (χ4v) is 5.59. The molecule has 1 aliphatic carbocycles. The Hall–Kier alpha value is -2.66. The summed E-state index contributed by atoms with van der Waals surface area (Å²) in [5.41, 5.74) is 4.20. The third-order valence-corrected chi connectivity index (χ3v) is 7.70. The van der Waals surface area contributed by atoms with Crippen molar-refractivity contribution in [3.8, 4) is 17.0 Å². The minimum absolute atomic E-state index is 0.000220. The van der Waals surface area contributed by atoms with Gasteiger partial charge < -0.3 is 4.74 Å². The van der Waals surface area contributed by atoms with Crippen molar-refractivity contribution in [1.82, 2.24) is 4.98 Å². The lowest BCUT2D eigenvalue weighted by molar-refractivity contribution is -0.123. The number of hydrogen-bond donors (Lipinski definition) is 0. The molecule has 174 valence electrons. The first-order valence-electron chi connectivity index (χ1n) is 11.8. The van der Waals surface area contributed by atoms with E-state index < -0.39 is 0 Å². The van der Waals surface area contributed by atoms with E-state index in [0.717, 1.165) is 42.6 Å². The minimum Gasteiger partial charge on any atom is -0.495 e. The van der Waals surface area contributed by atoms with Gasteiger partial charge in [-0.3, -0.25) is 9.69 Å². The van der Waals surface area contributed by atoms with E-state index in [0.29, 0.717) is 16.8 Å². The van der Waals surface area contributed by atoms with Crippen LogP contribution in [-0.2, 0) is 4.79 Å². The van der Waals surface area contributed by atoms with Crippen LogP contribution in [0.1, 0.15) is 52.0 Å². The van der Waals surface area contributed by atoms with Crippen LogP contribution in [0.3, 0.4) is 0 Å². The van der Waals surface area contributed by atoms with Crippen molar-refractivity contribution >= 4 is 28.1 Å². The summed E-state index contributed by atoms with van der Waals surface area (Å²) in [6.07, 6.45) is 4.02. The van der Waals surface area contributed by atoms with Gasteiger partial charge in [0.1, 0.15) is 5.75 Å². The lowest BCUT2D eigenvalue weighted by Crippen LogP contribution is -2.36. The van der Waals surface area contributed by atoms with Crippen LogP contribution < -0.4 is 9.64 Å². The predicted molar refractivity (Wildman–Crippen MR) is 137 cm³/mol. The highest BCUT2D eigenvalue weighted by Crippen LogP contribution is 2.43. The van der Waals surface area contributed by atoms with Crippen LogP contribution in [0, 0.1) is 24.2 Å². The van der Waals surface area contributed by atoms with Crippen LogP contribution >= 0.6 is 11.3 Å². The van der Waals surface area contributed by atoms with Crippen molar-refractivity contribution in [2.24, 2.45) is 17.3 Å². The third kappa shape index (κ3) is 5.14. The maximum absolute atomic E-state index is 14.0. The Labute approximate surface area is 201 Å². The molecule has 0 atom stereocenters. The maximum Gasteiger partial charge on any atom is 0.236 e. The lowest BCUT2D eigenvalue weighted by atomic mass is 9.69. The number of nitrogens with zero attached hydrogens (tertiary/aromatic N) is 2. The van der Waals surface area contributed by atoms with E-state index in [-0.39, 0.29) is 17.2 Å². The summed E-state index contributed by atoms with van der Waals surface area (Å²) < 4.78 is 5.63. The highest BCUT2D eigenvalue weighted by atomic mass is 32.1. The van der Waals surface area contributed by atoms with Gasteiger partial charge in [0, 0.05) is 16.9 Å². The summed E-state index contributed by atoms with van der Waals surface area (Å²) in [5.74, 6) is 1.47. The molecule has 1 saturated carbocycles. The highest BCUT2D eigenvalue weighted by molar-refractivity contribution is 7.14.